The fourth-order valence-corrected chi connectivity index (χ4v) is 6.23. The lowest BCUT2D eigenvalue weighted by molar-refractivity contribution is -0.139. The van der Waals surface area contributed by atoms with Crippen LogP contribution in [0, 0.1) is 0 Å². The van der Waals surface area contributed by atoms with Gasteiger partial charge in [0.05, 0.1) is 23.3 Å². The summed E-state index contributed by atoms with van der Waals surface area (Å²) in [7, 11) is 1.94. The number of halogens is 2. The smallest absolute Gasteiger partial charge is 0.243 e. The highest BCUT2D eigenvalue weighted by Gasteiger charge is 2.40. The number of hydrogen-bond donors (Lipinski definition) is 1. The van der Waals surface area contributed by atoms with Crippen LogP contribution in [0.2, 0.25) is 10.0 Å². The van der Waals surface area contributed by atoms with Crippen LogP contribution >= 0.6 is 23.2 Å². The Hall–Kier alpha value is -2.34. The Morgan fingerprint density at radius 2 is 1.91 bits per heavy atom. The first-order valence-electron chi connectivity index (χ1n) is 12.5. The second-order valence-electron chi connectivity index (χ2n) is 9.83. The summed E-state index contributed by atoms with van der Waals surface area (Å²) in [5.41, 5.74) is 4.13. The van der Waals surface area contributed by atoms with E-state index in [-0.39, 0.29) is 17.5 Å². The second kappa shape index (κ2) is 9.96. The van der Waals surface area contributed by atoms with Crippen molar-refractivity contribution in [1.29, 1.82) is 0 Å². The van der Waals surface area contributed by atoms with Crippen LogP contribution in [0.4, 0.5) is 0 Å². The Balaban J connectivity index is 1.38. The molecule has 184 valence electrons. The maximum absolute atomic E-state index is 13.4. The van der Waals surface area contributed by atoms with E-state index in [2.05, 4.69) is 41.6 Å². The van der Waals surface area contributed by atoms with Gasteiger partial charge in [0.2, 0.25) is 5.91 Å². The normalized spacial score (nSPS) is 19.0. The van der Waals surface area contributed by atoms with E-state index in [9.17, 15) is 4.79 Å². The molecule has 2 heterocycles. The molecule has 1 atom stereocenters. The molecule has 2 aromatic carbocycles. The maximum atomic E-state index is 13.4. The highest BCUT2D eigenvalue weighted by atomic mass is 35.5. The summed E-state index contributed by atoms with van der Waals surface area (Å²) in [5.74, 6) is 0.261. The number of carbonyl (C=O) groups excluding carboxylic acids is 1. The van der Waals surface area contributed by atoms with Gasteiger partial charge in [-0.25, -0.2) is 0 Å². The van der Waals surface area contributed by atoms with E-state index in [0.717, 1.165) is 55.1 Å². The molecule has 0 radical (unpaired) electrons. The molecule has 5 rings (SSSR count). The van der Waals surface area contributed by atoms with Crippen molar-refractivity contribution in [2.24, 2.45) is 0 Å². The average molecular weight is 511 g/mol. The molecule has 1 aromatic heterocycles. The first-order chi connectivity index (χ1) is 16.9. The standard InChI is InChI=1S/C28H32Cl2N4O/c1-19(24-9-8-23(29)17-25(24)30)34-26-16-21(6-7-22(26)18-32-34)20-10-14-33(15-11-20)27(35)28(31-2)12-4-3-5-13-28/h6-10,16-19,31H,3-5,11-15H2,1-2H3. The first-order valence-corrected chi connectivity index (χ1v) is 13.3. The molecule has 1 saturated carbocycles. The number of amides is 1. The Kier molecular flexibility index (Phi) is 6.93. The van der Waals surface area contributed by atoms with Crippen LogP contribution in [0.15, 0.2) is 48.7 Å². The molecule has 2 aliphatic rings. The fourth-order valence-electron chi connectivity index (χ4n) is 5.66. The number of fused-ring (bicyclic) bond motifs is 1. The molecule has 1 N–H and O–H groups in total. The monoisotopic (exact) mass is 510 g/mol. The van der Waals surface area contributed by atoms with Crippen molar-refractivity contribution < 1.29 is 4.79 Å². The Morgan fingerprint density at radius 3 is 2.60 bits per heavy atom. The van der Waals surface area contributed by atoms with Crippen LogP contribution < -0.4 is 5.32 Å². The van der Waals surface area contributed by atoms with E-state index in [1.54, 1.807) is 6.07 Å². The molecular formula is C28H32Cl2N4O. The molecular weight excluding hydrogens is 479 g/mol. The van der Waals surface area contributed by atoms with Gasteiger partial charge in [0.25, 0.3) is 0 Å². The van der Waals surface area contributed by atoms with E-state index >= 15 is 0 Å². The molecule has 1 aliphatic carbocycles. The number of aromatic nitrogens is 2. The zero-order valence-electron chi connectivity index (χ0n) is 20.4. The molecule has 5 nitrogen and oxygen atoms in total. The zero-order valence-corrected chi connectivity index (χ0v) is 21.9. The predicted molar refractivity (Wildman–Crippen MR) is 144 cm³/mol. The van der Waals surface area contributed by atoms with Crippen LogP contribution in [0.5, 0.6) is 0 Å². The van der Waals surface area contributed by atoms with Crippen LogP contribution in [0.25, 0.3) is 16.5 Å². The van der Waals surface area contributed by atoms with Crippen LogP contribution in [0.3, 0.4) is 0 Å². The molecule has 0 bridgehead atoms. The van der Waals surface area contributed by atoms with E-state index in [1.807, 2.05) is 35.0 Å². The number of rotatable bonds is 5. The van der Waals surface area contributed by atoms with E-state index < -0.39 is 0 Å². The van der Waals surface area contributed by atoms with Gasteiger partial charge in [0.1, 0.15) is 0 Å². The molecule has 3 aromatic rings. The number of carbonyl (C=O) groups is 1. The Labute approximate surface area is 217 Å². The average Bonchev–Trinajstić information content (AvgIpc) is 3.32. The summed E-state index contributed by atoms with van der Waals surface area (Å²) < 4.78 is 2.02. The van der Waals surface area contributed by atoms with Crippen molar-refractivity contribution in [1.82, 2.24) is 20.0 Å². The van der Waals surface area contributed by atoms with Gasteiger partial charge in [0.15, 0.2) is 0 Å². The third kappa shape index (κ3) is 4.62. The number of benzene rings is 2. The predicted octanol–water partition coefficient (Wildman–Crippen LogP) is 6.49. The molecule has 0 saturated heterocycles. The van der Waals surface area contributed by atoms with Gasteiger partial charge in [-0.3, -0.25) is 9.48 Å². The van der Waals surface area contributed by atoms with Crippen LogP contribution in [-0.4, -0.2) is 46.3 Å². The number of nitrogens with one attached hydrogen (secondary N) is 1. The molecule has 1 aliphatic heterocycles. The van der Waals surface area contributed by atoms with Crippen molar-refractivity contribution in [3.63, 3.8) is 0 Å². The number of likely N-dealkylation sites (N-methyl/N-ethyl adjacent to an activating group) is 1. The van der Waals surface area contributed by atoms with Gasteiger partial charge in [-0.1, -0.05) is 66.7 Å². The molecule has 1 amide bonds. The summed E-state index contributed by atoms with van der Waals surface area (Å²) in [6.07, 6.45) is 10.3. The largest absolute Gasteiger partial charge is 0.337 e. The van der Waals surface area contributed by atoms with Gasteiger partial charge < -0.3 is 10.2 Å². The summed E-state index contributed by atoms with van der Waals surface area (Å²) in [6, 6.07) is 12.1. The molecule has 1 fully saturated rings. The zero-order chi connectivity index (χ0) is 24.6. The van der Waals surface area contributed by atoms with E-state index in [1.165, 1.54) is 17.6 Å². The SMILES string of the molecule is CNC1(C(=O)N2CC=C(c3ccc4cnn(C(C)c5ccc(Cl)cc5Cl)c4c3)CC2)CCCCC1. The van der Waals surface area contributed by atoms with Gasteiger partial charge in [-0.15, -0.1) is 0 Å². The number of nitrogens with zero attached hydrogens (tertiary/aromatic N) is 3. The Morgan fingerprint density at radius 1 is 1.11 bits per heavy atom. The summed E-state index contributed by atoms with van der Waals surface area (Å²) in [6.45, 7) is 3.51. The first kappa shape index (κ1) is 24.4. The minimum Gasteiger partial charge on any atom is -0.337 e. The quantitative estimate of drug-likeness (QED) is 0.426. The molecule has 35 heavy (non-hydrogen) atoms. The van der Waals surface area contributed by atoms with Crippen LogP contribution in [0.1, 0.15) is 62.6 Å². The van der Waals surface area contributed by atoms with Gasteiger partial charge in [-0.2, -0.15) is 5.10 Å². The lowest BCUT2D eigenvalue weighted by Gasteiger charge is -2.40. The van der Waals surface area contributed by atoms with Crippen molar-refractivity contribution in [2.75, 3.05) is 20.1 Å². The summed E-state index contributed by atoms with van der Waals surface area (Å²) >= 11 is 12.6. The number of hydrogen-bond acceptors (Lipinski definition) is 3. The van der Waals surface area contributed by atoms with Crippen molar-refractivity contribution in [2.45, 2.75) is 57.0 Å². The third-order valence-electron chi connectivity index (χ3n) is 7.84. The van der Waals surface area contributed by atoms with Crippen molar-refractivity contribution >= 4 is 45.6 Å². The highest BCUT2D eigenvalue weighted by Crippen LogP contribution is 2.34. The molecule has 0 spiro atoms. The van der Waals surface area contributed by atoms with Gasteiger partial charge in [0, 0.05) is 28.5 Å². The summed E-state index contributed by atoms with van der Waals surface area (Å²) in [5, 5.41) is 10.4. The maximum Gasteiger partial charge on any atom is 0.243 e. The highest BCUT2D eigenvalue weighted by molar-refractivity contribution is 6.35. The topological polar surface area (TPSA) is 50.2 Å². The fraction of sp³-hybridized carbons (Fsp3) is 0.429. The van der Waals surface area contributed by atoms with Gasteiger partial charge >= 0.3 is 0 Å². The lowest BCUT2D eigenvalue weighted by atomic mass is 9.80. The Bertz CT molecular complexity index is 1280. The minimum absolute atomic E-state index is 0.0332. The molecule has 7 heteroatoms. The van der Waals surface area contributed by atoms with Crippen molar-refractivity contribution in [3.05, 3.63) is 69.8 Å². The van der Waals surface area contributed by atoms with E-state index in [0.29, 0.717) is 16.6 Å². The van der Waals surface area contributed by atoms with Crippen LogP contribution in [-0.2, 0) is 4.79 Å². The van der Waals surface area contributed by atoms with Crippen molar-refractivity contribution in [3.8, 4) is 0 Å². The third-order valence-corrected chi connectivity index (χ3v) is 8.40. The summed E-state index contributed by atoms with van der Waals surface area (Å²) in [4.78, 5) is 15.4. The molecule has 1 unspecified atom stereocenters. The second-order valence-corrected chi connectivity index (χ2v) is 10.7. The minimum atomic E-state index is -0.381. The van der Waals surface area contributed by atoms with Gasteiger partial charge in [-0.05, 0) is 68.1 Å². The lowest BCUT2D eigenvalue weighted by Crippen LogP contribution is -2.58. The van der Waals surface area contributed by atoms with E-state index in [4.69, 9.17) is 23.2 Å².